The summed E-state index contributed by atoms with van der Waals surface area (Å²) in [6, 6.07) is 5.88. The zero-order chi connectivity index (χ0) is 15.0. The molecule has 3 rings (SSSR count). The van der Waals surface area contributed by atoms with Crippen molar-refractivity contribution >= 4 is 11.6 Å². The molecule has 1 saturated carbocycles. The molecule has 6 heteroatoms. The molecule has 1 heterocycles. The lowest BCUT2D eigenvalue weighted by molar-refractivity contribution is 0.557. The fourth-order valence-electron chi connectivity index (χ4n) is 2.36. The first-order valence-corrected chi connectivity index (χ1v) is 7.23. The van der Waals surface area contributed by atoms with Crippen molar-refractivity contribution in [2.24, 2.45) is 5.92 Å². The van der Waals surface area contributed by atoms with Crippen molar-refractivity contribution in [1.29, 1.82) is 0 Å². The predicted octanol–water partition coefficient (Wildman–Crippen LogP) is 2.80. The van der Waals surface area contributed by atoms with Crippen LogP contribution in [-0.2, 0) is 6.54 Å². The maximum atomic E-state index is 13.9. The van der Waals surface area contributed by atoms with Gasteiger partial charge in [-0.2, -0.15) is 0 Å². The highest BCUT2D eigenvalue weighted by Gasteiger charge is 2.23. The summed E-state index contributed by atoms with van der Waals surface area (Å²) in [7, 11) is 0. The van der Waals surface area contributed by atoms with Crippen LogP contribution in [0.15, 0.2) is 33.9 Å². The second-order valence-electron chi connectivity index (χ2n) is 5.29. The second-order valence-corrected chi connectivity index (χ2v) is 5.67. The first-order valence-electron chi connectivity index (χ1n) is 6.85. The highest BCUT2D eigenvalue weighted by molar-refractivity contribution is 6.32. The van der Waals surface area contributed by atoms with Crippen LogP contribution in [0.3, 0.4) is 0 Å². The number of halogens is 2. The van der Waals surface area contributed by atoms with Gasteiger partial charge in [0.05, 0.1) is 5.56 Å². The highest BCUT2D eigenvalue weighted by Crippen LogP contribution is 2.32. The van der Waals surface area contributed by atoms with E-state index in [0.29, 0.717) is 12.5 Å². The van der Waals surface area contributed by atoms with Gasteiger partial charge >= 0.3 is 5.69 Å². The Morgan fingerprint density at radius 1 is 1.29 bits per heavy atom. The van der Waals surface area contributed by atoms with E-state index in [1.807, 2.05) is 0 Å². The summed E-state index contributed by atoms with van der Waals surface area (Å²) in [5.41, 5.74) is -0.991. The Morgan fingerprint density at radius 2 is 2.00 bits per heavy atom. The van der Waals surface area contributed by atoms with Crippen LogP contribution in [0.1, 0.15) is 19.3 Å². The minimum Gasteiger partial charge on any atom is -0.297 e. The van der Waals surface area contributed by atoms with Crippen molar-refractivity contribution in [3.05, 3.63) is 56.1 Å². The second kappa shape index (κ2) is 5.48. The molecule has 1 N–H and O–H groups in total. The zero-order valence-corrected chi connectivity index (χ0v) is 12.0. The largest absolute Gasteiger partial charge is 0.329 e. The number of aromatic amines is 1. The van der Waals surface area contributed by atoms with E-state index >= 15 is 0 Å². The van der Waals surface area contributed by atoms with E-state index in [1.165, 1.54) is 18.2 Å². The van der Waals surface area contributed by atoms with Crippen molar-refractivity contribution in [1.82, 2.24) is 9.55 Å². The van der Waals surface area contributed by atoms with Gasteiger partial charge < -0.3 is 0 Å². The number of hydrogen-bond donors (Lipinski definition) is 1. The molecule has 21 heavy (non-hydrogen) atoms. The van der Waals surface area contributed by atoms with Crippen LogP contribution < -0.4 is 11.2 Å². The normalized spacial score (nSPS) is 14.4. The first kappa shape index (κ1) is 14.1. The Morgan fingerprint density at radius 3 is 2.67 bits per heavy atom. The van der Waals surface area contributed by atoms with Crippen LogP contribution in [0.25, 0.3) is 11.1 Å². The van der Waals surface area contributed by atoms with Crippen LogP contribution >= 0.6 is 11.6 Å². The summed E-state index contributed by atoms with van der Waals surface area (Å²) in [5.74, 6) is 0.0428. The summed E-state index contributed by atoms with van der Waals surface area (Å²) in [6.45, 7) is 0.331. The van der Waals surface area contributed by atoms with Gasteiger partial charge in [0.2, 0.25) is 0 Å². The third-order valence-corrected chi connectivity index (χ3v) is 4.02. The van der Waals surface area contributed by atoms with Gasteiger partial charge in [-0.25, -0.2) is 9.18 Å². The van der Waals surface area contributed by atoms with E-state index < -0.39 is 17.1 Å². The van der Waals surface area contributed by atoms with Gasteiger partial charge in [0.25, 0.3) is 5.56 Å². The summed E-state index contributed by atoms with van der Waals surface area (Å²) in [6.07, 6.45) is 3.06. The quantitative estimate of drug-likeness (QED) is 0.883. The first-order chi connectivity index (χ1) is 10.1. The van der Waals surface area contributed by atoms with Crippen molar-refractivity contribution in [2.75, 3.05) is 0 Å². The molecule has 4 nitrogen and oxygen atoms in total. The molecule has 0 amide bonds. The molecule has 0 aliphatic heterocycles. The highest BCUT2D eigenvalue weighted by atomic mass is 35.5. The van der Waals surface area contributed by atoms with E-state index in [4.69, 9.17) is 11.6 Å². The lowest BCUT2D eigenvalue weighted by Crippen LogP contribution is -2.36. The fourth-order valence-corrected chi connectivity index (χ4v) is 2.63. The molecule has 1 aliphatic carbocycles. The molecular formula is C15H14ClFN2O2. The molecule has 110 valence electrons. The molecule has 1 aromatic carbocycles. The molecule has 0 bridgehead atoms. The van der Waals surface area contributed by atoms with Crippen LogP contribution in [0, 0.1) is 11.7 Å². The van der Waals surface area contributed by atoms with E-state index in [9.17, 15) is 14.0 Å². The fraction of sp³-hybridized carbons (Fsp3) is 0.333. The minimum absolute atomic E-state index is 0.00478. The molecule has 0 radical (unpaired) electrons. The van der Waals surface area contributed by atoms with Crippen LogP contribution in [-0.4, -0.2) is 9.55 Å². The molecule has 1 fully saturated rings. The number of rotatable bonds is 4. The molecular weight excluding hydrogens is 295 g/mol. The van der Waals surface area contributed by atoms with Crippen LogP contribution in [0.4, 0.5) is 4.39 Å². The Hall–Kier alpha value is -1.88. The number of benzene rings is 1. The SMILES string of the molecule is O=c1[nH]c(Cl)c(-c2ccccc2F)c(=O)n1CCC1CC1. The van der Waals surface area contributed by atoms with Gasteiger partial charge in [-0.05, 0) is 18.4 Å². The van der Waals surface area contributed by atoms with E-state index in [2.05, 4.69) is 4.98 Å². The molecule has 1 aromatic heterocycles. The zero-order valence-electron chi connectivity index (χ0n) is 11.2. The van der Waals surface area contributed by atoms with Crippen molar-refractivity contribution in [3.8, 4) is 11.1 Å². The van der Waals surface area contributed by atoms with Crippen LogP contribution in [0.2, 0.25) is 5.15 Å². The molecule has 0 spiro atoms. The average molecular weight is 309 g/mol. The lowest BCUT2D eigenvalue weighted by Gasteiger charge is -2.09. The van der Waals surface area contributed by atoms with E-state index in [0.717, 1.165) is 23.8 Å². The van der Waals surface area contributed by atoms with Crippen molar-refractivity contribution in [3.63, 3.8) is 0 Å². The Kier molecular flexibility index (Phi) is 3.68. The van der Waals surface area contributed by atoms with Crippen molar-refractivity contribution in [2.45, 2.75) is 25.8 Å². The standard InChI is InChI=1S/C15H14ClFN2O2/c16-13-12(10-3-1-2-4-11(10)17)14(20)19(15(21)18-13)8-7-9-5-6-9/h1-4,9H,5-8H2,(H,18,21). The van der Waals surface area contributed by atoms with Gasteiger partial charge in [-0.3, -0.25) is 14.3 Å². The van der Waals surface area contributed by atoms with Gasteiger partial charge in [0.1, 0.15) is 11.0 Å². The molecule has 0 saturated heterocycles. The third-order valence-electron chi connectivity index (χ3n) is 3.74. The number of H-pyrrole nitrogens is 1. The number of nitrogens with zero attached hydrogens (tertiary/aromatic N) is 1. The maximum absolute atomic E-state index is 13.9. The summed E-state index contributed by atoms with van der Waals surface area (Å²) >= 11 is 5.95. The maximum Gasteiger partial charge on any atom is 0.329 e. The Labute approximate surface area is 125 Å². The predicted molar refractivity (Wildman–Crippen MR) is 79.1 cm³/mol. The Bertz CT molecular complexity index is 793. The number of aromatic nitrogens is 2. The van der Waals surface area contributed by atoms with Crippen molar-refractivity contribution < 1.29 is 4.39 Å². The molecule has 1 aliphatic rings. The van der Waals surface area contributed by atoms with Crippen LogP contribution in [0.5, 0.6) is 0 Å². The minimum atomic E-state index is -0.550. The summed E-state index contributed by atoms with van der Waals surface area (Å²) in [4.78, 5) is 26.8. The third kappa shape index (κ3) is 2.78. The number of hydrogen-bond acceptors (Lipinski definition) is 2. The van der Waals surface area contributed by atoms with Gasteiger partial charge in [-0.15, -0.1) is 0 Å². The average Bonchev–Trinajstić information content (AvgIpc) is 3.24. The topological polar surface area (TPSA) is 54.9 Å². The number of nitrogens with one attached hydrogen (secondary N) is 1. The monoisotopic (exact) mass is 308 g/mol. The summed E-state index contributed by atoms with van der Waals surface area (Å²) < 4.78 is 15.0. The smallest absolute Gasteiger partial charge is 0.297 e. The lowest BCUT2D eigenvalue weighted by atomic mass is 10.1. The molecule has 0 atom stereocenters. The Balaban J connectivity index is 2.12. The van der Waals surface area contributed by atoms with E-state index in [1.54, 1.807) is 6.07 Å². The molecule has 2 aromatic rings. The van der Waals surface area contributed by atoms with Gasteiger partial charge in [0, 0.05) is 12.1 Å². The van der Waals surface area contributed by atoms with Gasteiger partial charge in [0.15, 0.2) is 0 Å². The van der Waals surface area contributed by atoms with E-state index in [-0.39, 0.29) is 16.3 Å². The van der Waals surface area contributed by atoms with Gasteiger partial charge in [-0.1, -0.05) is 42.6 Å². The summed E-state index contributed by atoms with van der Waals surface area (Å²) in [5, 5.41) is -0.127. The molecule has 0 unspecified atom stereocenters.